The topological polar surface area (TPSA) is 101 Å². The lowest BCUT2D eigenvalue weighted by Gasteiger charge is -2.30. The zero-order chi connectivity index (χ0) is 28.4. The van der Waals surface area contributed by atoms with Crippen LogP contribution >= 0.6 is 15.9 Å². The minimum atomic E-state index is -1.30. The number of carbonyl (C=O) groups excluding carboxylic acids is 1. The molecule has 0 aliphatic carbocycles. The molecule has 0 saturated heterocycles. The molecule has 0 fully saturated rings. The van der Waals surface area contributed by atoms with Gasteiger partial charge in [-0.1, -0.05) is 58.4 Å². The van der Waals surface area contributed by atoms with Crippen molar-refractivity contribution < 1.29 is 24.1 Å². The van der Waals surface area contributed by atoms with Crippen LogP contribution in [0.5, 0.6) is 11.5 Å². The molecule has 0 spiro atoms. The van der Waals surface area contributed by atoms with E-state index in [9.17, 15) is 4.79 Å². The molecule has 3 aromatic rings. The Morgan fingerprint density at radius 1 is 1.15 bits per heavy atom. The fraction of sp³-hybridized carbons (Fsp3) is 0.290. The second-order valence-electron chi connectivity index (χ2n) is 9.25. The van der Waals surface area contributed by atoms with Gasteiger partial charge in [0, 0.05) is 41.6 Å². The number of nitrogens with zero attached hydrogens (tertiary/aromatic N) is 1. The largest absolute Gasteiger partial charge is 0.496 e. The lowest BCUT2D eigenvalue weighted by molar-refractivity contribution is -0.129. The second kappa shape index (κ2) is 14.1. The van der Waals surface area contributed by atoms with E-state index in [2.05, 4.69) is 33.4 Å². The van der Waals surface area contributed by atoms with Gasteiger partial charge < -0.3 is 19.3 Å². The first-order valence-corrected chi connectivity index (χ1v) is 13.9. The zero-order valence-electron chi connectivity index (χ0n) is 22.4. The molecule has 0 saturated carbocycles. The van der Waals surface area contributed by atoms with Gasteiger partial charge in [-0.15, -0.1) is 6.58 Å². The van der Waals surface area contributed by atoms with Crippen LogP contribution in [-0.4, -0.2) is 49.3 Å². The van der Waals surface area contributed by atoms with Crippen molar-refractivity contribution in [3.63, 3.8) is 0 Å². The Kier molecular flexibility index (Phi) is 10.3. The zero-order valence-corrected chi connectivity index (χ0v) is 24.0. The number of para-hydroxylation sites is 1. The summed E-state index contributed by atoms with van der Waals surface area (Å²) in [5.74, 6) is 1.50. The summed E-state index contributed by atoms with van der Waals surface area (Å²) in [5, 5.41) is 8.98. The molecule has 1 aliphatic rings. The molecule has 0 aromatic heterocycles. The van der Waals surface area contributed by atoms with Crippen molar-refractivity contribution in [2.75, 3.05) is 26.9 Å². The van der Waals surface area contributed by atoms with Crippen molar-refractivity contribution >= 4 is 27.7 Å². The molecule has 40 heavy (non-hydrogen) atoms. The molecule has 1 heterocycles. The summed E-state index contributed by atoms with van der Waals surface area (Å²) in [6.07, 6.45) is 2.45. The molecule has 3 N–H and O–H groups in total. The van der Waals surface area contributed by atoms with Crippen LogP contribution in [0.1, 0.15) is 35.6 Å². The van der Waals surface area contributed by atoms with Gasteiger partial charge in [-0.25, -0.2) is 10.4 Å². The first-order chi connectivity index (χ1) is 19.5. The number of aliphatic imine (C=N–C) groups is 1. The van der Waals surface area contributed by atoms with E-state index >= 15 is 0 Å². The van der Waals surface area contributed by atoms with Crippen LogP contribution in [-0.2, 0) is 16.0 Å². The number of ether oxygens (including phenoxy) is 3. The SMILES string of the molecule is C=CC[C@]1(C(=O)NNCCc2ccccc2OC)N=C(c2ccc(OCCCO)cc2)O[C@H]1c1ccccc1Br. The van der Waals surface area contributed by atoms with Crippen LogP contribution < -0.4 is 20.3 Å². The van der Waals surface area contributed by atoms with Crippen LogP contribution in [0, 0.1) is 0 Å². The molecule has 1 amide bonds. The number of rotatable bonds is 14. The number of benzene rings is 3. The Bertz CT molecular complexity index is 1330. The predicted octanol–water partition coefficient (Wildman–Crippen LogP) is 4.92. The monoisotopic (exact) mass is 607 g/mol. The van der Waals surface area contributed by atoms with Gasteiger partial charge in [0.25, 0.3) is 5.91 Å². The second-order valence-corrected chi connectivity index (χ2v) is 10.1. The molecule has 2 atom stereocenters. The number of aliphatic hydroxyl groups is 1. The van der Waals surface area contributed by atoms with Crippen molar-refractivity contribution in [2.45, 2.75) is 30.9 Å². The number of halogens is 1. The van der Waals surface area contributed by atoms with Gasteiger partial charge in [0.1, 0.15) is 11.5 Å². The fourth-order valence-corrected chi connectivity index (χ4v) is 5.05. The minimum Gasteiger partial charge on any atom is -0.496 e. The first-order valence-electron chi connectivity index (χ1n) is 13.1. The Hall–Kier alpha value is -3.66. The van der Waals surface area contributed by atoms with Gasteiger partial charge in [-0.05, 0) is 48.4 Å². The number of hydrogen-bond donors (Lipinski definition) is 3. The molecular weight excluding hydrogens is 574 g/mol. The lowest BCUT2D eigenvalue weighted by atomic mass is 9.84. The Balaban J connectivity index is 1.58. The predicted molar refractivity (Wildman–Crippen MR) is 159 cm³/mol. The molecule has 0 radical (unpaired) electrons. The quantitative estimate of drug-likeness (QED) is 0.137. The van der Waals surface area contributed by atoms with Crippen molar-refractivity contribution in [1.82, 2.24) is 10.9 Å². The number of hydrazine groups is 1. The summed E-state index contributed by atoms with van der Waals surface area (Å²) in [4.78, 5) is 18.8. The van der Waals surface area contributed by atoms with Gasteiger partial charge in [0.15, 0.2) is 11.6 Å². The normalized spacial score (nSPS) is 18.0. The number of amides is 1. The van der Waals surface area contributed by atoms with E-state index in [1.54, 1.807) is 13.2 Å². The van der Waals surface area contributed by atoms with E-state index in [-0.39, 0.29) is 18.9 Å². The lowest BCUT2D eigenvalue weighted by Crippen LogP contribution is -2.52. The molecule has 0 unspecified atom stereocenters. The standard InChI is InChI=1S/C31H34BrN3O5/c1-3-18-31(30(37)35-33-19-17-22-9-4-7-12-27(22)38-2)28(25-10-5-6-11-26(25)32)40-29(34-31)23-13-15-24(16-14-23)39-21-8-20-36/h3-7,9-16,28,33,36H,1,8,17-21H2,2H3,(H,35,37)/t28-,31-/m0/s1. The third-order valence-corrected chi connectivity index (χ3v) is 7.31. The number of hydrogen-bond acceptors (Lipinski definition) is 7. The maximum atomic E-state index is 13.9. The third-order valence-electron chi connectivity index (χ3n) is 6.59. The van der Waals surface area contributed by atoms with Gasteiger partial charge >= 0.3 is 0 Å². The van der Waals surface area contributed by atoms with Gasteiger partial charge in [0.05, 0.1) is 13.7 Å². The molecular formula is C31H34BrN3O5. The van der Waals surface area contributed by atoms with Crippen molar-refractivity contribution in [3.8, 4) is 11.5 Å². The number of methoxy groups -OCH3 is 1. The van der Waals surface area contributed by atoms with E-state index in [1.807, 2.05) is 72.8 Å². The van der Waals surface area contributed by atoms with Crippen molar-refractivity contribution in [2.24, 2.45) is 4.99 Å². The Morgan fingerprint density at radius 3 is 2.62 bits per heavy atom. The van der Waals surface area contributed by atoms with Crippen LogP contribution in [0.2, 0.25) is 0 Å². The van der Waals surface area contributed by atoms with E-state index < -0.39 is 11.6 Å². The molecule has 4 rings (SSSR count). The van der Waals surface area contributed by atoms with Gasteiger partial charge in [0.2, 0.25) is 5.90 Å². The highest BCUT2D eigenvalue weighted by Gasteiger charge is 2.53. The maximum absolute atomic E-state index is 13.9. The van der Waals surface area contributed by atoms with Crippen molar-refractivity contribution in [3.05, 3.63) is 107 Å². The summed E-state index contributed by atoms with van der Waals surface area (Å²) in [6, 6.07) is 22.8. The molecule has 0 bridgehead atoms. The average Bonchev–Trinajstić information content (AvgIpc) is 3.36. The smallest absolute Gasteiger partial charge is 0.266 e. The number of aliphatic hydroxyl groups excluding tert-OH is 1. The summed E-state index contributed by atoms with van der Waals surface area (Å²) >= 11 is 3.63. The molecule has 8 nitrogen and oxygen atoms in total. The van der Waals surface area contributed by atoms with Crippen LogP contribution in [0.15, 0.2) is 94.9 Å². The van der Waals surface area contributed by atoms with E-state index in [0.717, 1.165) is 26.9 Å². The number of nitrogens with one attached hydrogen (secondary N) is 2. The highest BCUT2D eigenvalue weighted by molar-refractivity contribution is 9.10. The number of carbonyl (C=O) groups is 1. The van der Waals surface area contributed by atoms with E-state index in [4.69, 9.17) is 24.3 Å². The van der Waals surface area contributed by atoms with Crippen LogP contribution in [0.25, 0.3) is 0 Å². The minimum absolute atomic E-state index is 0.0713. The van der Waals surface area contributed by atoms with E-state index in [1.165, 1.54) is 0 Å². The molecule has 9 heteroatoms. The maximum Gasteiger partial charge on any atom is 0.266 e. The highest BCUT2D eigenvalue weighted by Crippen LogP contribution is 2.44. The van der Waals surface area contributed by atoms with Crippen molar-refractivity contribution in [1.29, 1.82) is 0 Å². The molecule has 1 aliphatic heterocycles. The van der Waals surface area contributed by atoms with E-state index in [0.29, 0.717) is 37.6 Å². The van der Waals surface area contributed by atoms with Crippen LogP contribution in [0.3, 0.4) is 0 Å². The summed E-state index contributed by atoms with van der Waals surface area (Å²) in [5.41, 5.74) is 7.18. The molecule has 3 aromatic carbocycles. The van der Waals surface area contributed by atoms with Gasteiger partial charge in [-0.3, -0.25) is 10.2 Å². The third kappa shape index (κ3) is 6.72. The Morgan fingerprint density at radius 2 is 1.90 bits per heavy atom. The average molecular weight is 609 g/mol. The fourth-order valence-electron chi connectivity index (χ4n) is 4.56. The molecule has 210 valence electrons. The summed E-state index contributed by atoms with van der Waals surface area (Å²) in [7, 11) is 1.64. The Labute approximate surface area is 243 Å². The first kappa shape index (κ1) is 29.3. The highest BCUT2D eigenvalue weighted by atomic mass is 79.9. The van der Waals surface area contributed by atoms with Crippen LogP contribution in [0.4, 0.5) is 0 Å². The summed E-state index contributed by atoms with van der Waals surface area (Å²) in [6.45, 7) is 4.90. The summed E-state index contributed by atoms with van der Waals surface area (Å²) < 4.78 is 18.3. The van der Waals surface area contributed by atoms with Gasteiger partial charge in [-0.2, -0.15) is 0 Å².